The van der Waals surface area contributed by atoms with Crippen LogP contribution in [0.25, 0.3) is 0 Å². The molecule has 92 valence electrons. The fourth-order valence-corrected chi connectivity index (χ4v) is 1.38. The third kappa shape index (κ3) is 3.01. The van der Waals surface area contributed by atoms with Crippen molar-refractivity contribution in [1.29, 1.82) is 0 Å². The summed E-state index contributed by atoms with van der Waals surface area (Å²) >= 11 is 0. The van der Waals surface area contributed by atoms with Crippen molar-refractivity contribution in [3.63, 3.8) is 0 Å². The molecule has 1 aromatic heterocycles. The highest BCUT2D eigenvalue weighted by atomic mass is 16.2. The second-order valence-electron chi connectivity index (χ2n) is 3.58. The van der Waals surface area contributed by atoms with E-state index in [2.05, 4.69) is 0 Å². The molecule has 0 aliphatic carbocycles. The first-order valence-electron chi connectivity index (χ1n) is 5.23. The van der Waals surface area contributed by atoms with Crippen molar-refractivity contribution >= 4 is 12.3 Å². The lowest BCUT2D eigenvalue weighted by molar-refractivity contribution is -0.116. The van der Waals surface area contributed by atoms with Crippen LogP contribution in [0.4, 0.5) is 0 Å². The predicted molar refractivity (Wildman–Crippen MR) is 62.5 cm³/mol. The first-order valence-corrected chi connectivity index (χ1v) is 5.23. The Kier molecular flexibility index (Phi) is 4.59. The number of hydrogen-bond acceptors (Lipinski definition) is 4. The molecule has 0 bridgehead atoms. The summed E-state index contributed by atoms with van der Waals surface area (Å²) in [5.41, 5.74) is 4.87. The van der Waals surface area contributed by atoms with Crippen molar-refractivity contribution in [1.82, 2.24) is 9.47 Å². The fourth-order valence-electron chi connectivity index (χ4n) is 1.38. The summed E-state index contributed by atoms with van der Waals surface area (Å²) in [5, 5.41) is 0. The summed E-state index contributed by atoms with van der Waals surface area (Å²) in [5.74, 6) is -0.588. The van der Waals surface area contributed by atoms with Crippen molar-refractivity contribution in [3.8, 4) is 0 Å². The highest BCUT2D eigenvalue weighted by Crippen LogP contribution is 1.98. The quantitative estimate of drug-likeness (QED) is 0.688. The average Bonchev–Trinajstić information content (AvgIpc) is 2.33. The van der Waals surface area contributed by atoms with Gasteiger partial charge in [0.05, 0.1) is 0 Å². The highest BCUT2D eigenvalue weighted by Gasteiger charge is 2.17. The van der Waals surface area contributed by atoms with E-state index in [4.69, 9.17) is 5.73 Å². The lowest BCUT2D eigenvalue weighted by Crippen LogP contribution is -2.36. The normalized spacial score (nSPS) is 10.0. The van der Waals surface area contributed by atoms with E-state index in [0.29, 0.717) is 19.4 Å². The second kappa shape index (κ2) is 5.95. The monoisotopic (exact) mass is 237 g/mol. The van der Waals surface area contributed by atoms with Crippen LogP contribution in [0.15, 0.2) is 23.1 Å². The van der Waals surface area contributed by atoms with E-state index in [0.717, 1.165) is 4.90 Å². The Morgan fingerprint density at radius 2 is 2.29 bits per heavy atom. The third-order valence-electron chi connectivity index (χ3n) is 2.34. The van der Waals surface area contributed by atoms with Gasteiger partial charge in [0.2, 0.25) is 6.41 Å². The standard InChI is InChI=1S/C11H15N3O3/c1-13-6-2-4-9(10(13)16)11(17)14(8-15)7-3-5-12/h2,4,6,8H,3,5,7,12H2,1H3. The molecule has 1 aromatic rings. The number of nitrogens with two attached hydrogens (primary N) is 1. The van der Waals surface area contributed by atoms with Crippen LogP contribution in [0.1, 0.15) is 16.8 Å². The summed E-state index contributed by atoms with van der Waals surface area (Å²) in [6, 6.07) is 2.99. The van der Waals surface area contributed by atoms with Gasteiger partial charge in [0.15, 0.2) is 0 Å². The van der Waals surface area contributed by atoms with Gasteiger partial charge in [-0.2, -0.15) is 0 Å². The minimum atomic E-state index is -0.588. The van der Waals surface area contributed by atoms with Gasteiger partial charge in [0, 0.05) is 19.8 Å². The minimum Gasteiger partial charge on any atom is -0.330 e. The zero-order valence-corrected chi connectivity index (χ0v) is 9.63. The number of amides is 2. The summed E-state index contributed by atoms with van der Waals surface area (Å²) < 4.78 is 1.29. The Hall–Kier alpha value is -1.95. The van der Waals surface area contributed by atoms with Gasteiger partial charge < -0.3 is 10.3 Å². The van der Waals surface area contributed by atoms with Gasteiger partial charge in [-0.25, -0.2) is 0 Å². The second-order valence-corrected chi connectivity index (χ2v) is 3.58. The van der Waals surface area contributed by atoms with Gasteiger partial charge in [-0.15, -0.1) is 0 Å². The number of imide groups is 1. The molecule has 0 atom stereocenters. The SMILES string of the molecule is Cn1cccc(C(=O)N(C=O)CCCN)c1=O. The van der Waals surface area contributed by atoms with Crippen molar-refractivity contribution in [2.75, 3.05) is 13.1 Å². The molecule has 6 nitrogen and oxygen atoms in total. The van der Waals surface area contributed by atoms with E-state index in [9.17, 15) is 14.4 Å². The molecule has 0 saturated heterocycles. The largest absolute Gasteiger partial charge is 0.330 e. The molecule has 0 spiro atoms. The van der Waals surface area contributed by atoms with E-state index in [1.165, 1.54) is 10.6 Å². The van der Waals surface area contributed by atoms with Crippen LogP contribution in [0.3, 0.4) is 0 Å². The van der Waals surface area contributed by atoms with Crippen molar-refractivity contribution in [2.24, 2.45) is 12.8 Å². The number of carbonyl (C=O) groups is 2. The number of nitrogens with zero attached hydrogens (tertiary/aromatic N) is 2. The molecular weight excluding hydrogens is 222 g/mol. The Morgan fingerprint density at radius 1 is 1.59 bits per heavy atom. The molecule has 0 unspecified atom stereocenters. The predicted octanol–water partition coefficient (Wildman–Crippen LogP) is -0.667. The molecule has 1 heterocycles. The Balaban J connectivity index is 2.98. The topological polar surface area (TPSA) is 85.4 Å². The van der Waals surface area contributed by atoms with Gasteiger partial charge in [-0.3, -0.25) is 19.3 Å². The highest BCUT2D eigenvalue weighted by molar-refractivity contribution is 5.99. The molecular formula is C11H15N3O3. The van der Waals surface area contributed by atoms with Crippen LogP contribution < -0.4 is 11.3 Å². The first-order chi connectivity index (χ1) is 8.11. The summed E-state index contributed by atoms with van der Waals surface area (Å²) in [6.07, 6.45) is 2.48. The molecule has 6 heteroatoms. The van der Waals surface area contributed by atoms with Crippen molar-refractivity contribution < 1.29 is 9.59 Å². The number of carbonyl (C=O) groups excluding carboxylic acids is 2. The third-order valence-corrected chi connectivity index (χ3v) is 2.34. The van der Waals surface area contributed by atoms with Crippen molar-refractivity contribution in [3.05, 3.63) is 34.2 Å². The maximum atomic E-state index is 11.9. The number of aromatic nitrogens is 1. The van der Waals surface area contributed by atoms with Gasteiger partial charge in [-0.05, 0) is 25.1 Å². The average molecular weight is 237 g/mol. The number of rotatable bonds is 5. The molecule has 0 saturated carbocycles. The Labute approximate surface area is 98.6 Å². The Morgan fingerprint density at radius 3 is 2.88 bits per heavy atom. The molecule has 2 N–H and O–H groups in total. The summed E-state index contributed by atoms with van der Waals surface area (Å²) in [7, 11) is 1.55. The zero-order chi connectivity index (χ0) is 12.8. The van der Waals surface area contributed by atoms with Crippen LogP contribution in [0, 0.1) is 0 Å². The van der Waals surface area contributed by atoms with Crippen LogP contribution in [0.2, 0.25) is 0 Å². The van der Waals surface area contributed by atoms with Crippen LogP contribution in [0.5, 0.6) is 0 Å². The molecule has 1 rings (SSSR count). The molecule has 2 amide bonds. The van der Waals surface area contributed by atoms with Gasteiger partial charge in [-0.1, -0.05) is 0 Å². The van der Waals surface area contributed by atoms with Gasteiger partial charge >= 0.3 is 0 Å². The molecule has 0 aliphatic rings. The fraction of sp³-hybridized carbons (Fsp3) is 0.364. The summed E-state index contributed by atoms with van der Waals surface area (Å²) in [4.78, 5) is 35.3. The molecule has 0 fully saturated rings. The van der Waals surface area contributed by atoms with Crippen LogP contribution in [-0.4, -0.2) is 34.9 Å². The van der Waals surface area contributed by atoms with E-state index < -0.39 is 11.5 Å². The first kappa shape index (κ1) is 13.1. The van der Waals surface area contributed by atoms with Crippen LogP contribution in [-0.2, 0) is 11.8 Å². The smallest absolute Gasteiger partial charge is 0.265 e. The van der Waals surface area contributed by atoms with Gasteiger partial charge in [0.25, 0.3) is 11.5 Å². The minimum absolute atomic E-state index is 0.0147. The number of aryl methyl sites for hydroxylation is 1. The zero-order valence-electron chi connectivity index (χ0n) is 9.63. The molecule has 0 radical (unpaired) electrons. The molecule has 0 aromatic carbocycles. The van der Waals surface area contributed by atoms with Gasteiger partial charge in [0.1, 0.15) is 5.56 Å². The maximum Gasteiger partial charge on any atom is 0.265 e. The lowest BCUT2D eigenvalue weighted by atomic mass is 10.2. The maximum absolute atomic E-state index is 11.9. The molecule has 0 aliphatic heterocycles. The summed E-state index contributed by atoms with van der Waals surface area (Å²) in [6.45, 7) is 0.599. The van der Waals surface area contributed by atoms with Crippen molar-refractivity contribution in [2.45, 2.75) is 6.42 Å². The van der Waals surface area contributed by atoms with E-state index in [1.807, 2.05) is 0 Å². The van der Waals surface area contributed by atoms with E-state index in [-0.39, 0.29) is 12.1 Å². The van der Waals surface area contributed by atoms with E-state index >= 15 is 0 Å². The van der Waals surface area contributed by atoms with Crippen LogP contribution >= 0.6 is 0 Å². The van der Waals surface area contributed by atoms with E-state index in [1.54, 1.807) is 19.3 Å². The molecule has 17 heavy (non-hydrogen) atoms. The number of pyridine rings is 1. The Bertz CT molecular complexity index is 467. The lowest BCUT2D eigenvalue weighted by Gasteiger charge is -2.14. The number of hydrogen-bond donors (Lipinski definition) is 1.